The highest BCUT2D eigenvalue weighted by Gasteiger charge is 2.31. The Morgan fingerprint density at radius 2 is 1.91 bits per heavy atom. The Bertz CT molecular complexity index is 1540. The highest BCUT2D eigenvalue weighted by Crippen LogP contribution is 2.28. The summed E-state index contributed by atoms with van der Waals surface area (Å²) in [6.07, 6.45) is 0. The van der Waals surface area contributed by atoms with Gasteiger partial charge in [-0.2, -0.15) is 18.6 Å². The Balaban J connectivity index is 1.82. The minimum absolute atomic E-state index is 0.0136. The van der Waals surface area contributed by atoms with Gasteiger partial charge in [0.1, 0.15) is 11.5 Å². The summed E-state index contributed by atoms with van der Waals surface area (Å²) in [5.74, 6) is -4.59. The van der Waals surface area contributed by atoms with E-state index in [4.69, 9.17) is 0 Å². The number of nitrogens with zero attached hydrogens (tertiary/aromatic N) is 3. The fraction of sp³-hybridized carbons (Fsp3) is 0.143. The number of nitrogens with one attached hydrogen (secondary N) is 2. The molecule has 0 aliphatic heterocycles. The lowest BCUT2D eigenvalue weighted by atomic mass is 10.2. The fourth-order valence-electron chi connectivity index (χ4n) is 3.09. The van der Waals surface area contributed by atoms with Gasteiger partial charge in [-0.15, -0.1) is 11.3 Å². The van der Waals surface area contributed by atoms with Crippen molar-refractivity contribution in [1.82, 2.24) is 19.7 Å². The van der Waals surface area contributed by atoms with E-state index < -0.39 is 37.5 Å². The van der Waals surface area contributed by atoms with Crippen LogP contribution >= 0.6 is 11.3 Å². The van der Waals surface area contributed by atoms with Crippen molar-refractivity contribution in [1.29, 1.82) is 0 Å². The first-order valence-corrected chi connectivity index (χ1v) is 12.2. The second-order valence-electron chi connectivity index (χ2n) is 7.16. The van der Waals surface area contributed by atoms with Crippen molar-refractivity contribution in [3.8, 4) is 16.5 Å². The van der Waals surface area contributed by atoms with E-state index in [-0.39, 0.29) is 11.8 Å². The van der Waals surface area contributed by atoms with Gasteiger partial charge in [0.25, 0.3) is 11.5 Å². The molecule has 3 aromatic heterocycles. The van der Waals surface area contributed by atoms with Crippen LogP contribution in [0, 0.1) is 13.8 Å². The minimum Gasteiger partial charge on any atom is -0.306 e. The van der Waals surface area contributed by atoms with Gasteiger partial charge in [0.05, 0.1) is 15.3 Å². The highest BCUT2D eigenvalue weighted by molar-refractivity contribution is 7.91. The summed E-state index contributed by atoms with van der Waals surface area (Å²) in [7, 11) is -5.03. The Morgan fingerprint density at radius 1 is 1.18 bits per heavy atom. The van der Waals surface area contributed by atoms with Crippen LogP contribution in [-0.4, -0.2) is 39.8 Å². The van der Waals surface area contributed by atoms with Gasteiger partial charge in [0, 0.05) is 17.3 Å². The van der Waals surface area contributed by atoms with E-state index in [9.17, 15) is 26.8 Å². The first-order chi connectivity index (χ1) is 16.1. The number of carbonyl (C=O) groups is 1. The number of alkyl halides is 2. The number of aryl methyl sites for hydroxylation is 1. The molecule has 2 N–H and O–H groups in total. The number of aromatic amines is 1. The lowest BCUT2D eigenvalue weighted by Gasteiger charge is -2.12. The summed E-state index contributed by atoms with van der Waals surface area (Å²) >= 11 is 1.38. The van der Waals surface area contributed by atoms with E-state index in [1.54, 1.807) is 26.0 Å². The van der Waals surface area contributed by atoms with Crippen LogP contribution in [0.4, 0.5) is 14.6 Å². The first-order valence-electron chi connectivity index (χ1n) is 9.74. The van der Waals surface area contributed by atoms with Crippen LogP contribution in [-0.2, 0) is 9.84 Å². The summed E-state index contributed by atoms with van der Waals surface area (Å²) < 4.78 is 51.6. The minimum atomic E-state index is -5.03. The number of aromatic nitrogens is 4. The van der Waals surface area contributed by atoms with Gasteiger partial charge in [-0.05, 0) is 37.4 Å². The third-order valence-corrected chi connectivity index (χ3v) is 7.31. The summed E-state index contributed by atoms with van der Waals surface area (Å²) in [5.41, 5.74) is 0.430. The van der Waals surface area contributed by atoms with Crippen LogP contribution in [0.3, 0.4) is 0 Å². The SMILES string of the molecule is Cc1nc(-n2nc(-c3cccs3)cc2NC(=O)c2ccccc2S(=O)(=O)C(F)F)[nH]c(=O)c1C. The van der Waals surface area contributed by atoms with E-state index in [0.717, 1.165) is 17.0 Å². The lowest BCUT2D eigenvalue weighted by molar-refractivity contribution is 0.102. The Labute approximate surface area is 196 Å². The normalized spacial score (nSPS) is 11.7. The molecule has 0 bridgehead atoms. The smallest absolute Gasteiger partial charge is 0.306 e. The Hall–Kier alpha value is -3.71. The molecule has 0 aliphatic rings. The molecule has 0 spiro atoms. The zero-order chi connectivity index (χ0) is 24.6. The standard InChI is InChI=1S/C21H17F2N5O4S2/c1-11-12(2)24-21(26-18(11)29)28-17(10-14(27-28)15-7-5-9-33-15)25-19(30)13-6-3-4-8-16(13)34(31,32)20(22)23/h3-10,20H,1-2H3,(H,25,30)(H,24,26,29). The number of hydrogen-bond donors (Lipinski definition) is 2. The fourth-order valence-corrected chi connectivity index (χ4v) is 4.70. The zero-order valence-electron chi connectivity index (χ0n) is 17.7. The van der Waals surface area contributed by atoms with Crippen LogP contribution in [0.2, 0.25) is 0 Å². The zero-order valence-corrected chi connectivity index (χ0v) is 19.4. The maximum Gasteiger partial charge on any atom is 0.341 e. The molecule has 13 heteroatoms. The van der Waals surface area contributed by atoms with Gasteiger partial charge in [-0.3, -0.25) is 14.6 Å². The van der Waals surface area contributed by atoms with Crippen molar-refractivity contribution in [2.45, 2.75) is 24.5 Å². The topological polar surface area (TPSA) is 127 Å². The Kier molecular flexibility index (Phi) is 6.15. The molecule has 0 fully saturated rings. The molecule has 4 aromatic rings. The van der Waals surface area contributed by atoms with Gasteiger partial charge < -0.3 is 5.32 Å². The molecular formula is C21H17F2N5O4S2. The predicted octanol–water partition coefficient (Wildman–Crippen LogP) is 3.55. The molecule has 0 radical (unpaired) electrons. The third kappa shape index (κ3) is 4.26. The van der Waals surface area contributed by atoms with Crippen LogP contribution < -0.4 is 10.9 Å². The second-order valence-corrected chi connectivity index (χ2v) is 9.99. The average Bonchev–Trinajstić information content (AvgIpc) is 3.47. The van der Waals surface area contributed by atoms with E-state index in [1.165, 1.54) is 34.2 Å². The van der Waals surface area contributed by atoms with Gasteiger partial charge in [0.2, 0.25) is 15.8 Å². The molecular weight excluding hydrogens is 488 g/mol. The number of hydrogen-bond acceptors (Lipinski definition) is 7. The van der Waals surface area contributed by atoms with Gasteiger partial charge in [-0.1, -0.05) is 18.2 Å². The molecule has 0 unspecified atom stereocenters. The monoisotopic (exact) mass is 505 g/mol. The molecule has 176 valence electrons. The van der Waals surface area contributed by atoms with Gasteiger partial charge >= 0.3 is 5.76 Å². The summed E-state index contributed by atoms with van der Waals surface area (Å²) in [6, 6.07) is 9.77. The number of anilines is 1. The van der Waals surface area contributed by atoms with Crippen molar-refractivity contribution in [3.05, 3.63) is 75.0 Å². The van der Waals surface area contributed by atoms with Gasteiger partial charge in [0.15, 0.2) is 0 Å². The number of thiophene rings is 1. The summed E-state index contributed by atoms with van der Waals surface area (Å²) in [4.78, 5) is 32.2. The van der Waals surface area contributed by atoms with Gasteiger partial charge in [-0.25, -0.2) is 13.4 Å². The average molecular weight is 506 g/mol. The summed E-state index contributed by atoms with van der Waals surface area (Å²) in [6.45, 7) is 3.25. The van der Waals surface area contributed by atoms with E-state index >= 15 is 0 Å². The third-order valence-electron chi connectivity index (χ3n) is 4.98. The molecule has 4 rings (SSSR count). The Morgan fingerprint density at radius 3 is 2.56 bits per heavy atom. The number of rotatable bonds is 6. The molecule has 0 atom stereocenters. The second kappa shape index (κ2) is 8.91. The van der Waals surface area contributed by atoms with Crippen LogP contribution in [0.15, 0.2) is 57.5 Å². The molecule has 9 nitrogen and oxygen atoms in total. The highest BCUT2D eigenvalue weighted by atomic mass is 32.2. The number of amides is 1. The quantitative estimate of drug-likeness (QED) is 0.413. The van der Waals surface area contributed by atoms with E-state index in [2.05, 4.69) is 20.4 Å². The van der Waals surface area contributed by atoms with Crippen molar-refractivity contribution < 1.29 is 22.0 Å². The van der Waals surface area contributed by atoms with Crippen LogP contribution in [0.25, 0.3) is 16.5 Å². The molecule has 1 amide bonds. The molecule has 3 heterocycles. The van der Waals surface area contributed by atoms with Crippen molar-refractivity contribution in [3.63, 3.8) is 0 Å². The molecule has 0 aliphatic carbocycles. The van der Waals surface area contributed by atoms with Crippen molar-refractivity contribution in [2.75, 3.05) is 5.32 Å². The molecule has 1 aromatic carbocycles. The maximum atomic E-state index is 13.1. The lowest BCUT2D eigenvalue weighted by Crippen LogP contribution is -2.22. The van der Waals surface area contributed by atoms with E-state index in [0.29, 0.717) is 17.0 Å². The van der Waals surface area contributed by atoms with E-state index in [1.807, 2.05) is 5.38 Å². The number of H-pyrrole nitrogens is 1. The maximum absolute atomic E-state index is 13.1. The number of halogens is 2. The van der Waals surface area contributed by atoms with Crippen molar-refractivity contribution in [2.24, 2.45) is 0 Å². The number of sulfone groups is 1. The molecule has 0 saturated heterocycles. The summed E-state index contributed by atoms with van der Waals surface area (Å²) in [5, 5.41) is 8.76. The first kappa shape index (κ1) is 23.4. The van der Waals surface area contributed by atoms with Crippen LogP contribution in [0.1, 0.15) is 21.6 Å². The van der Waals surface area contributed by atoms with Crippen LogP contribution in [0.5, 0.6) is 0 Å². The molecule has 0 saturated carbocycles. The van der Waals surface area contributed by atoms with Crippen molar-refractivity contribution >= 4 is 32.9 Å². The number of benzene rings is 1. The predicted molar refractivity (Wildman–Crippen MR) is 122 cm³/mol. The largest absolute Gasteiger partial charge is 0.341 e. The molecule has 34 heavy (non-hydrogen) atoms. The number of carbonyl (C=O) groups excluding carboxylic acids is 1.